The van der Waals surface area contributed by atoms with Crippen molar-refractivity contribution >= 4 is 36.0 Å². The molecule has 0 aliphatic heterocycles. The number of carbonyl (C=O) groups excluding carboxylic acids is 1. The molecule has 1 amide bonds. The van der Waals surface area contributed by atoms with Gasteiger partial charge in [0.1, 0.15) is 5.60 Å². The Kier molecular flexibility index (Phi) is 9.41. The average molecular weight is 476 g/mol. The summed E-state index contributed by atoms with van der Waals surface area (Å²) >= 11 is 0. The number of ether oxygens (including phenoxy) is 1. The second-order valence-electron chi connectivity index (χ2n) is 8.23. The van der Waals surface area contributed by atoms with Gasteiger partial charge in [-0.1, -0.05) is 24.3 Å². The van der Waals surface area contributed by atoms with Gasteiger partial charge < -0.3 is 20.7 Å². The van der Waals surface area contributed by atoms with Crippen LogP contribution >= 0.6 is 24.0 Å². The van der Waals surface area contributed by atoms with Gasteiger partial charge in [-0.3, -0.25) is 0 Å². The number of rotatable bonds is 4. The molecule has 0 bridgehead atoms. The molecule has 3 N–H and O–H groups in total. The third-order valence-electron chi connectivity index (χ3n) is 3.08. The molecule has 0 atom stereocenters. The number of carbonyl (C=O) groups is 1. The van der Waals surface area contributed by atoms with Crippen LogP contribution in [0.4, 0.5) is 4.79 Å². The van der Waals surface area contributed by atoms with Gasteiger partial charge in [-0.2, -0.15) is 0 Å². The summed E-state index contributed by atoms with van der Waals surface area (Å²) in [7, 11) is 1.73. The molecule has 0 spiro atoms. The highest BCUT2D eigenvalue weighted by Crippen LogP contribution is 2.12. The van der Waals surface area contributed by atoms with Crippen LogP contribution < -0.4 is 11.1 Å². The summed E-state index contributed by atoms with van der Waals surface area (Å²) in [6.07, 6.45) is -0.331. The van der Waals surface area contributed by atoms with E-state index in [0.717, 1.165) is 11.1 Å². The number of nitrogens with zero attached hydrogens (tertiary/aromatic N) is 2. The lowest BCUT2D eigenvalue weighted by Gasteiger charge is -2.24. The van der Waals surface area contributed by atoms with Crippen molar-refractivity contribution in [2.24, 2.45) is 10.7 Å². The van der Waals surface area contributed by atoms with Crippen LogP contribution in [0.3, 0.4) is 0 Å². The summed E-state index contributed by atoms with van der Waals surface area (Å²) in [6.45, 7) is 12.7. The van der Waals surface area contributed by atoms with Gasteiger partial charge in [-0.25, -0.2) is 9.79 Å². The Balaban J connectivity index is 0.00000625. The monoisotopic (exact) mass is 476 g/mol. The lowest BCUT2D eigenvalue weighted by atomic mass is 10.1. The molecule has 0 aromatic heterocycles. The minimum absolute atomic E-state index is 0. The Bertz CT molecular complexity index is 601. The second kappa shape index (κ2) is 9.99. The number of guanidine groups is 1. The lowest BCUT2D eigenvalue weighted by molar-refractivity contribution is 0.0285. The Morgan fingerprint density at radius 1 is 1.12 bits per heavy atom. The first-order valence-electron chi connectivity index (χ1n) is 8.46. The number of nitrogens with two attached hydrogens (primary N) is 1. The molecule has 0 fully saturated rings. The Morgan fingerprint density at radius 2 is 1.62 bits per heavy atom. The first-order chi connectivity index (χ1) is 11.4. The predicted octanol–water partition coefficient (Wildman–Crippen LogP) is 3.87. The molecule has 0 saturated carbocycles. The van der Waals surface area contributed by atoms with Crippen LogP contribution in [0.2, 0.25) is 0 Å². The molecule has 6 nitrogen and oxygen atoms in total. The summed E-state index contributed by atoms with van der Waals surface area (Å²) in [5.41, 5.74) is 7.36. The largest absolute Gasteiger partial charge is 0.444 e. The number of nitrogens with one attached hydrogen (secondary N) is 1. The zero-order chi connectivity index (χ0) is 19.3. The maximum absolute atomic E-state index is 12.0. The summed E-state index contributed by atoms with van der Waals surface area (Å²) in [5, 5.41) is 3.13. The lowest BCUT2D eigenvalue weighted by Crippen LogP contribution is -2.44. The molecule has 26 heavy (non-hydrogen) atoms. The first-order valence-corrected chi connectivity index (χ1v) is 8.46. The van der Waals surface area contributed by atoms with Crippen LogP contribution in [0.1, 0.15) is 52.7 Å². The molecular formula is C19H33IN4O2. The molecule has 1 aromatic carbocycles. The van der Waals surface area contributed by atoms with Gasteiger partial charge in [0.25, 0.3) is 0 Å². The van der Waals surface area contributed by atoms with Gasteiger partial charge in [0.15, 0.2) is 5.96 Å². The highest BCUT2D eigenvalue weighted by atomic mass is 127. The van der Waals surface area contributed by atoms with Crippen molar-refractivity contribution in [2.45, 2.75) is 65.8 Å². The minimum atomic E-state index is -0.492. The van der Waals surface area contributed by atoms with Gasteiger partial charge in [-0.15, -0.1) is 24.0 Å². The average Bonchev–Trinajstić information content (AvgIpc) is 2.43. The fraction of sp³-hybridized carbons (Fsp3) is 0.579. The number of benzene rings is 1. The Labute approximate surface area is 174 Å². The van der Waals surface area contributed by atoms with E-state index in [1.165, 1.54) is 0 Å². The molecule has 0 unspecified atom stereocenters. The van der Waals surface area contributed by atoms with E-state index >= 15 is 0 Å². The summed E-state index contributed by atoms with van der Waals surface area (Å²) in [6, 6.07) is 7.95. The summed E-state index contributed by atoms with van der Waals surface area (Å²) in [4.78, 5) is 17.9. The van der Waals surface area contributed by atoms with Crippen LogP contribution in [0, 0.1) is 0 Å². The van der Waals surface area contributed by atoms with Crippen LogP contribution in [0.15, 0.2) is 29.3 Å². The fourth-order valence-electron chi connectivity index (χ4n) is 2.03. The molecule has 0 saturated heterocycles. The summed E-state index contributed by atoms with van der Waals surface area (Å²) in [5.74, 6) is 0.432. The van der Waals surface area contributed by atoms with E-state index in [1.807, 2.05) is 65.8 Å². The molecule has 0 aliphatic rings. The number of aliphatic imine (C=N–C) groups is 1. The van der Waals surface area contributed by atoms with E-state index in [4.69, 9.17) is 10.5 Å². The third kappa shape index (κ3) is 10.5. The van der Waals surface area contributed by atoms with Gasteiger partial charge >= 0.3 is 6.09 Å². The molecule has 0 heterocycles. The maximum atomic E-state index is 12.0. The Hall–Kier alpha value is -1.51. The molecule has 1 aromatic rings. The fourth-order valence-corrected chi connectivity index (χ4v) is 2.03. The topological polar surface area (TPSA) is 80.0 Å². The number of hydrogen-bond acceptors (Lipinski definition) is 3. The van der Waals surface area contributed by atoms with Crippen molar-refractivity contribution in [1.82, 2.24) is 10.2 Å². The van der Waals surface area contributed by atoms with Crippen molar-refractivity contribution in [2.75, 3.05) is 7.05 Å². The van der Waals surface area contributed by atoms with Crippen molar-refractivity contribution in [3.05, 3.63) is 35.4 Å². The SMILES string of the molecule is CN(Cc1ccc(CN=C(N)NC(C)(C)C)cc1)C(=O)OC(C)(C)C.I. The molecule has 0 radical (unpaired) electrons. The third-order valence-corrected chi connectivity index (χ3v) is 3.08. The van der Waals surface area contributed by atoms with E-state index in [-0.39, 0.29) is 35.6 Å². The minimum Gasteiger partial charge on any atom is -0.444 e. The summed E-state index contributed by atoms with van der Waals surface area (Å²) < 4.78 is 5.35. The predicted molar refractivity (Wildman–Crippen MR) is 118 cm³/mol. The van der Waals surface area contributed by atoms with Gasteiger partial charge in [0, 0.05) is 19.1 Å². The maximum Gasteiger partial charge on any atom is 0.410 e. The molecule has 0 aliphatic carbocycles. The molecule has 148 valence electrons. The molecule has 1 rings (SSSR count). The van der Waals surface area contributed by atoms with Gasteiger partial charge in [0.05, 0.1) is 6.54 Å². The second-order valence-corrected chi connectivity index (χ2v) is 8.23. The van der Waals surface area contributed by atoms with E-state index in [1.54, 1.807) is 11.9 Å². The van der Waals surface area contributed by atoms with Crippen molar-refractivity contribution < 1.29 is 9.53 Å². The standard InChI is InChI=1S/C19H32N4O2.HI/c1-18(2,3)22-16(20)21-12-14-8-10-15(11-9-14)13-23(7)17(24)25-19(4,5)6;/h8-11H,12-13H2,1-7H3,(H3,20,21,22);1H. The molecule has 7 heteroatoms. The van der Waals surface area contributed by atoms with Crippen LogP contribution in [-0.2, 0) is 17.8 Å². The number of amides is 1. The van der Waals surface area contributed by atoms with E-state index in [2.05, 4.69) is 10.3 Å². The van der Waals surface area contributed by atoms with Crippen LogP contribution in [-0.4, -0.2) is 35.1 Å². The van der Waals surface area contributed by atoms with E-state index in [0.29, 0.717) is 19.0 Å². The van der Waals surface area contributed by atoms with Gasteiger partial charge in [0.2, 0.25) is 0 Å². The highest BCUT2D eigenvalue weighted by molar-refractivity contribution is 14.0. The van der Waals surface area contributed by atoms with Crippen molar-refractivity contribution in [1.29, 1.82) is 0 Å². The van der Waals surface area contributed by atoms with E-state index in [9.17, 15) is 4.79 Å². The van der Waals surface area contributed by atoms with Crippen LogP contribution in [0.25, 0.3) is 0 Å². The zero-order valence-corrected chi connectivity index (χ0v) is 19.3. The normalized spacial score (nSPS) is 12.2. The van der Waals surface area contributed by atoms with Crippen molar-refractivity contribution in [3.63, 3.8) is 0 Å². The van der Waals surface area contributed by atoms with Crippen LogP contribution in [0.5, 0.6) is 0 Å². The quantitative estimate of drug-likeness (QED) is 0.393. The first kappa shape index (κ1) is 24.5. The molecular weight excluding hydrogens is 443 g/mol. The van der Waals surface area contributed by atoms with Gasteiger partial charge in [-0.05, 0) is 52.7 Å². The number of hydrogen-bond donors (Lipinski definition) is 2. The smallest absolute Gasteiger partial charge is 0.410 e. The highest BCUT2D eigenvalue weighted by Gasteiger charge is 2.19. The zero-order valence-electron chi connectivity index (χ0n) is 16.9. The van der Waals surface area contributed by atoms with E-state index < -0.39 is 5.60 Å². The van der Waals surface area contributed by atoms with Crippen molar-refractivity contribution in [3.8, 4) is 0 Å². The number of halogens is 1. The Morgan fingerprint density at radius 3 is 2.08 bits per heavy atom.